The minimum Gasteiger partial charge on any atom is -0.471 e. The fourth-order valence-electron chi connectivity index (χ4n) is 4.54. The van der Waals surface area contributed by atoms with E-state index in [1.165, 1.54) is 25.6 Å². The Labute approximate surface area is 187 Å². The van der Waals surface area contributed by atoms with Gasteiger partial charge in [-0.3, -0.25) is 4.79 Å². The number of benzene rings is 2. The average molecular weight is 431 g/mol. The van der Waals surface area contributed by atoms with Crippen LogP contribution in [-0.4, -0.2) is 28.5 Å². The van der Waals surface area contributed by atoms with E-state index >= 15 is 0 Å². The third-order valence-electron chi connectivity index (χ3n) is 6.23. The molecule has 0 saturated heterocycles. The van der Waals surface area contributed by atoms with E-state index in [1.54, 1.807) is 4.90 Å². The van der Waals surface area contributed by atoms with Crippen LogP contribution in [0.5, 0.6) is 17.4 Å². The first-order valence-electron chi connectivity index (χ1n) is 11.1. The van der Waals surface area contributed by atoms with E-state index in [9.17, 15) is 4.79 Å². The van der Waals surface area contributed by atoms with Gasteiger partial charge in [0.05, 0.1) is 6.54 Å². The lowest BCUT2D eigenvalue weighted by molar-refractivity contribution is 0.0965. The highest BCUT2D eigenvalue weighted by molar-refractivity contribution is 6.10. The van der Waals surface area contributed by atoms with Crippen LogP contribution in [0.3, 0.4) is 0 Å². The fraction of sp³-hybridized carbons (Fsp3) is 0.320. The van der Waals surface area contributed by atoms with Crippen LogP contribution in [0.1, 0.15) is 42.5 Å². The number of hydrogen-bond acceptors (Lipinski definition) is 6. The Kier molecular flexibility index (Phi) is 5.62. The van der Waals surface area contributed by atoms with Gasteiger partial charge in [-0.05, 0) is 55.2 Å². The van der Waals surface area contributed by atoms with E-state index in [1.807, 2.05) is 54.6 Å². The standard InChI is InChI=1S/C25H26N4O3/c26-23-22-24(28-16-27-23)32-21(17-7-3-1-4-8-17)15-29(25(22)30)18-11-13-20(14-12-18)31-19-9-5-2-6-10-19/h2,5-6,9-14,16-17,21H,1,3-4,7-8,15H2,(H2,26,27,28). The maximum atomic E-state index is 13.5. The van der Waals surface area contributed by atoms with E-state index < -0.39 is 0 Å². The number of amides is 1. The maximum absolute atomic E-state index is 13.5. The molecule has 1 amide bonds. The molecule has 7 nitrogen and oxygen atoms in total. The zero-order valence-electron chi connectivity index (χ0n) is 17.8. The van der Waals surface area contributed by atoms with Crippen LogP contribution >= 0.6 is 0 Å². The molecule has 1 unspecified atom stereocenters. The summed E-state index contributed by atoms with van der Waals surface area (Å²) in [5.74, 6) is 2.01. The van der Waals surface area contributed by atoms with Crippen molar-refractivity contribution in [1.82, 2.24) is 9.97 Å². The van der Waals surface area contributed by atoms with E-state index in [4.69, 9.17) is 15.2 Å². The highest BCUT2D eigenvalue weighted by atomic mass is 16.5. The molecule has 2 N–H and O–H groups in total. The number of para-hydroxylation sites is 1. The van der Waals surface area contributed by atoms with E-state index in [-0.39, 0.29) is 29.3 Å². The van der Waals surface area contributed by atoms with Crippen LogP contribution in [-0.2, 0) is 0 Å². The Morgan fingerprint density at radius 3 is 2.41 bits per heavy atom. The highest BCUT2D eigenvalue weighted by Gasteiger charge is 2.36. The highest BCUT2D eigenvalue weighted by Crippen LogP contribution is 2.35. The van der Waals surface area contributed by atoms with Crippen molar-refractivity contribution in [3.63, 3.8) is 0 Å². The predicted octanol–water partition coefficient (Wildman–Crippen LogP) is 4.84. The summed E-state index contributed by atoms with van der Waals surface area (Å²) in [5, 5.41) is 0. The summed E-state index contributed by atoms with van der Waals surface area (Å²) >= 11 is 0. The predicted molar refractivity (Wildman–Crippen MR) is 122 cm³/mol. The lowest BCUT2D eigenvalue weighted by Crippen LogP contribution is -2.41. The molecule has 3 aromatic rings. The lowest BCUT2D eigenvalue weighted by atomic mass is 9.85. The summed E-state index contributed by atoms with van der Waals surface area (Å²) in [6, 6.07) is 17.1. The lowest BCUT2D eigenvalue weighted by Gasteiger charge is -2.32. The molecule has 2 heterocycles. The Bertz CT molecular complexity index is 1080. The monoisotopic (exact) mass is 430 g/mol. The molecular formula is C25H26N4O3. The number of ether oxygens (including phenoxy) is 2. The van der Waals surface area contributed by atoms with Crippen LogP contribution in [0.4, 0.5) is 11.5 Å². The molecule has 0 spiro atoms. The van der Waals surface area contributed by atoms with E-state index in [0.29, 0.717) is 18.2 Å². The summed E-state index contributed by atoms with van der Waals surface area (Å²) in [7, 11) is 0. The molecular weight excluding hydrogens is 404 g/mol. The molecule has 1 aromatic heterocycles. The van der Waals surface area contributed by atoms with Crippen LogP contribution in [0.25, 0.3) is 0 Å². The van der Waals surface area contributed by atoms with Crippen molar-refractivity contribution >= 4 is 17.4 Å². The molecule has 1 aliphatic heterocycles. The number of nitrogens with two attached hydrogens (primary N) is 1. The third kappa shape index (κ3) is 4.10. The van der Waals surface area contributed by atoms with E-state index in [0.717, 1.165) is 24.3 Å². The summed E-state index contributed by atoms with van der Waals surface area (Å²) in [6.07, 6.45) is 7.00. The maximum Gasteiger partial charge on any atom is 0.267 e. The molecule has 32 heavy (non-hydrogen) atoms. The fourth-order valence-corrected chi connectivity index (χ4v) is 4.54. The van der Waals surface area contributed by atoms with Crippen molar-refractivity contribution < 1.29 is 14.3 Å². The first-order chi connectivity index (χ1) is 15.7. The van der Waals surface area contributed by atoms with Gasteiger partial charge in [0.25, 0.3) is 5.91 Å². The van der Waals surface area contributed by atoms with Gasteiger partial charge in [-0.15, -0.1) is 0 Å². The average Bonchev–Trinajstić information content (AvgIpc) is 2.98. The molecule has 2 aliphatic rings. The molecule has 2 aromatic carbocycles. The summed E-state index contributed by atoms with van der Waals surface area (Å²) in [5.41, 5.74) is 7.07. The van der Waals surface area contributed by atoms with Gasteiger partial charge in [0.2, 0.25) is 5.88 Å². The minimum absolute atomic E-state index is 0.137. The number of hydrogen-bond donors (Lipinski definition) is 1. The summed E-state index contributed by atoms with van der Waals surface area (Å²) in [4.78, 5) is 23.5. The molecule has 1 fully saturated rings. The molecule has 0 radical (unpaired) electrons. The van der Waals surface area contributed by atoms with Crippen molar-refractivity contribution in [2.75, 3.05) is 17.2 Å². The Balaban J connectivity index is 1.45. The quantitative estimate of drug-likeness (QED) is 0.637. The number of nitrogen functional groups attached to an aromatic ring is 1. The summed E-state index contributed by atoms with van der Waals surface area (Å²) in [6.45, 7) is 0.443. The van der Waals surface area contributed by atoms with Crippen LogP contribution in [0, 0.1) is 5.92 Å². The van der Waals surface area contributed by atoms with Crippen molar-refractivity contribution in [3.8, 4) is 17.4 Å². The molecule has 1 aliphatic carbocycles. The molecule has 164 valence electrons. The van der Waals surface area contributed by atoms with Crippen LogP contribution in [0.15, 0.2) is 60.9 Å². The number of nitrogens with zero attached hydrogens (tertiary/aromatic N) is 3. The largest absolute Gasteiger partial charge is 0.471 e. The minimum atomic E-state index is -0.242. The van der Waals surface area contributed by atoms with Gasteiger partial charge >= 0.3 is 0 Å². The molecule has 7 heteroatoms. The topological polar surface area (TPSA) is 90.6 Å². The van der Waals surface area contributed by atoms with Crippen molar-refractivity contribution in [1.29, 1.82) is 0 Å². The summed E-state index contributed by atoms with van der Waals surface area (Å²) < 4.78 is 12.2. The van der Waals surface area contributed by atoms with Gasteiger partial charge < -0.3 is 20.1 Å². The molecule has 1 atom stereocenters. The molecule has 0 bridgehead atoms. The second-order valence-corrected chi connectivity index (χ2v) is 8.32. The normalized spacial score (nSPS) is 19.1. The zero-order valence-corrected chi connectivity index (χ0v) is 17.8. The Hall–Kier alpha value is -3.61. The number of carbonyl (C=O) groups excluding carboxylic acids is 1. The van der Waals surface area contributed by atoms with Crippen molar-refractivity contribution in [2.24, 2.45) is 5.92 Å². The molecule has 1 saturated carbocycles. The van der Waals surface area contributed by atoms with Gasteiger partial charge in [0.1, 0.15) is 35.3 Å². The van der Waals surface area contributed by atoms with Gasteiger partial charge in [-0.2, -0.15) is 0 Å². The van der Waals surface area contributed by atoms with Crippen LogP contribution in [0.2, 0.25) is 0 Å². The Morgan fingerprint density at radius 2 is 1.66 bits per heavy atom. The second-order valence-electron chi connectivity index (χ2n) is 8.32. The van der Waals surface area contributed by atoms with Crippen molar-refractivity contribution in [3.05, 3.63) is 66.5 Å². The van der Waals surface area contributed by atoms with Gasteiger partial charge in [0, 0.05) is 5.69 Å². The number of aromatic nitrogens is 2. The smallest absolute Gasteiger partial charge is 0.267 e. The van der Waals surface area contributed by atoms with Crippen LogP contribution < -0.4 is 20.1 Å². The number of fused-ring (bicyclic) bond motifs is 1. The number of rotatable bonds is 4. The van der Waals surface area contributed by atoms with Gasteiger partial charge in [0.15, 0.2) is 0 Å². The Morgan fingerprint density at radius 1 is 0.938 bits per heavy atom. The number of carbonyl (C=O) groups is 1. The SMILES string of the molecule is Nc1ncnc2c1C(=O)N(c1ccc(Oc3ccccc3)cc1)CC(C1CCCCC1)O2. The first kappa shape index (κ1) is 20.3. The molecule has 5 rings (SSSR count). The third-order valence-corrected chi connectivity index (χ3v) is 6.23. The van der Waals surface area contributed by atoms with Gasteiger partial charge in [-0.1, -0.05) is 37.5 Å². The van der Waals surface area contributed by atoms with Crippen molar-refractivity contribution in [2.45, 2.75) is 38.2 Å². The first-order valence-corrected chi connectivity index (χ1v) is 11.1. The zero-order chi connectivity index (χ0) is 21.9. The van der Waals surface area contributed by atoms with Gasteiger partial charge in [-0.25, -0.2) is 9.97 Å². The van der Waals surface area contributed by atoms with E-state index in [2.05, 4.69) is 9.97 Å². The number of anilines is 2. The second kappa shape index (κ2) is 8.86.